The van der Waals surface area contributed by atoms with E-state index in [1.54, 1.807) is 6.07 Å². The molecule has 0 saturated carbocycles. The second-order valence-electron chi connectivity index (χ2n) is 5.90. The number of morpholine rings is 1. The number of benzene rings is 1. The zero-order valence-electron chi connectivity index (χ0n) is 12.5. The molecule has 3 nitrogen and oxygen atoms in total. The van der Waals surface area contributed by atoms with Crippen molar-refractivity contribution in [2.45, 2.75) is 32.4 Å². The summed E-state index contributed by atoms with van der Waals surface area (Å²) in [6, 6.07) is 4.23. The van der Waals surface area contributed by atoms with E-state index in [9.17, 15) is 13.2 Å². The molecule has 6 heteroatoms. The smallest absolute Gasteiger partial charge is 0.378 e. The van der Waals surface area contributed by atoms with Gasteiger partial charge in [-0.15, -0.1) is 0 Å². The molecule has 3 rings (SSSR count). The van der Waals surface area contributed by atoms with Gasteiger partial charge in [-0.05, 0) is 49.5 Å². The van der Waals surface area contributed by atoms with Gasteiger partial charge in [0.2, 0.25) is 0 Å². The minimum absolute atomic E-state index is 0. The predicted octanol–water partition coefficient (Wildman–Crippen LogP) is 3.65. The van der Waals surface area contributed by atoms with Crippen molar-refractivity contribution in [3.63, 3.8) is 0 Å². The Hall–Kier alpha value is -1.27. The van der Waals surface area contributed by atoms with E-state index in [1.165, 1.54) is 12.1 Å². The lowest BCUT2D eigenvalue weighted by atomic mass is 9.88. The normalized spacial score (nSPS) is 20.2. The topological polar surface area (TPSA) is 24.5 Å². The first kappa shape index (κ1) is 18.1. The summed E-state index contributed by atoms with van der Waals surface area (Å²) in [5.41, 5.74) is 1.23. The van der Waals surface area contributed by atoms with Crippen LogP contribution in [0.3, 0.4) is 0 Å². The summed E-state index contributed by atoms with van der Waals surface area (Å²) in [5, 5.41) is 3.31. The van der Waals surface area contributed by atoms with Crippen LogP contribution >= 0.6 is 0 Å². The van der Waals surface area contributed by atoms with Gasteiger partial charge in [-0.3, -0.25) is 0 Å². The Kier molecular flexibility index (Phi) is 5.92. The van der Waals surface area contributed by atoms with Crippen LogP contribution in [0.25, 0.3) is 0 Å². The first-order chi connectivity index (χ1) is 10.6. The molecule has 2 aliphatic rings. The molecule has 0 aromatic heterocycles. The molecule has 2 fully saturated rings. The van der Waals surface area contributed by atoms with E-state index in [0.29, 0.717) is 32.2 Å². The summed E-state index contributed by atoms with van der Waals surface area (Å²) in [4.78, 5) is 2.04. The van der Waals surface area contributed by atoms with Gasteiger partial charge in [-0.2, -0.15) is 13.2 Å². The van der Waals surface area contributed by atoms with Gasteiger partial charge in [0, 0.05) is 18.8 Å². The maximum Gasteiger partial charge on any atom is 0.416 e. The van der Waals surface area contributed by atoms with Crippen LogP contribution in [0.15, 0.2) is 18.2 Å². The Morgan fingerprint density at radius 3 is 2.35 bits per heavy atom. The highest BCUT2D eigenvalue weighted by Gasteiger charge is 2.32. The van der Waals surface area contributed by atoms with E-state index in [1.807, 2.05) is 4.90 Å². The SMILES string of the molecule is C.FC(F)(F)c1ccc(C2CCNCC2)c(N2CCOCC2)c1. The van der Waals surface area contributed by atoms with Crippen molar-refractivity contribution in [2.24, 2.45) is 0 Å². The van der Waals surface area contributed by atoms with Crippen LogP contribution in [0.2, 0.25) is 0 Å². The number of rotatable bonds is 2. The summed E-state index contributed by atoms with van der Waals surface area (Å²) >= 11 is 0. The van der Waals surface area contributed by atoms with Crippen LogP contribution in [0.5, 0.6) is 0 Å². The van der Waals surface area contributed by atoms with Crippen molar-refractivity contribution in [3.8, 4) is 0 Å². The second kappa shape index (κ2) is 7.53. The predicted molar refractivity (Wildman–Crippen MR) is 86.1 cm³/mol. The Balaban J connectivity index is 0.00000192. The summed E-state index contributed by atoms with van der Waals surface area (Å²) < 4.78 is 44.5. The molecule has 0 aliphatic carbocycles. The highest BCUT2D eigenvalue weighted by molar-refractivity contribution is 5.58. The van der Waals surface area contributed by atoms with Crippen LogP contribution in [-0.2, 0) is 10.9 Å². The van der Waals surface area contributed by atoms with Gasteiger partial charge >= 0.3 is 6.18 Å². The second-order valence-corrected chi connectivity index (χ2v) is 5.90. The largest absolute Gasteiger partial charge is 0.416 e. The molecule has 2 aliphatic heterocycles. The fourth-order valence-corrected chi connectivity index (χ4v) is 3.28. The third-order valence-electron chi connectivity index (χ3n) is 4.49. The van der Waals surface area contributed by atoms with Gasteiger partial charge < -0.3 is 15.0 Å². The zero-order valence-corrected chi connectivity index (χ0v) is 12.5. The molecule has 23 heavy (non-hydrogen) atoms. The lowest BCUT2D eigenvalue weighted by Crippen LogP contribution is -2.37. The van der Waals surface area contributed by atoms with Gasteiger partial charge in [0.05, 0.1) is 18.8 Å². The number of halogens is 3. The van der Waals surface area contributed by atoms with Crippen molar-refractivity contribution in [2.75, 3.05) is 44.3 Å². The van der Waals surface area contributed by atoms with E-state index in [0.717, 1.165) is 37.2 Å². The van der Waals surface area contributed by atoms with Gasteiger partial charge in [-0.25, -0.2) is 0 Å². The fourth-order valence-electron chi connectivity index (χ4n) is 3.28. The third-order valence-corrected chi connectivity index (χ3v) is 4.49. The van der Waals surface area contributed by atoms with Gasteiger partial charge in [0.1, 0.15) is 0 Å². The summed E-state index contributed by atoms with van der Waals surface area (Å²) in [5.74, 6) is 0.335. The van der Waals surface area contributed by atoms with Crippen LogP contribution in [0, 0.1) is 0 Å². The summed E-state index contributed by atoms with van der Waals surface area (Å²) in [6.07, 6.45) is -2.35. The number of nitrogens with zero attached hydrogens (tertiary/aromatic N) is 1. The van der Waals surface area contributed by atoms with E-state index >= 15 is 0 Å². The molecular weight excluding hydrogens is 305 g/mol. The molecule has 2 saturated heterocycles. The molecule has 0 amide bonds. The maximum atomic E-state index is 13.1. The van der Waals surface area contributed by atoms with Gasteiger partial charge in [0.25, 0.3) is 0 Å². The van der Waals surface area contributed by atoms with Crippen molar-refractivity contribution in [1.29, 1.82) is 0 Å². The third kappa shape index (κ3) is 4.18. The van der Waals surface area contributed by atoms with E-state index in [4.69, 9.17) is 4.74 Å². The number of hydrogen-bond acceptors (Lipinski definition) is 3. The summed E-state index contributed by atoms with van der Waals surface area (Å²) in [7, 11) is 0. The first-order valence-electron chi connectivity index (χ1n) is 7.80. The number of nitrogens with one attached hydrogen (secondary N) is 1. The molecule has 1 aromatic rings. The van der Waals surface area contributed by atoms with Gasteiger partial charge in [-0.1, -0.05) is 13.5 Å². The minimum atomic E-state index is -4.30. The highest BCUT2D eigenvalue weighted by atomic mass is 19.4. The van der Waals surface area contributed by atoms with Crippen LogP contribution < -0.4 is 10.2 Å². The molecular formula is C17H25F3N2O. The minimum Gasteiger partial charge on any atom is -0.378 e. The van der Waals surface area contributed by atoms with E-state index in [2.05, 4.69) is 5.32 Å². The van der Waals surface area contributed by atoms with Crippen LogP contribution in [0.1, 0.15) is 37.3 Å². The number of hydrogen-bond donors (Lipinski definition) is 1. The lowest BCUT2D eigenvalue weighted by molar-refractivity contribution is -0.137. The number of ether oxygens (including phenoxy) is 1. The van der Waals surface area contributed by atoms with Crippen LogP contribution in [-0.4, -0.2) is 39.4 Å². The lowest BCUT2D eigenvalue weighted by Gasteiger charge is -2.34. The highest BCUT2D eigenvalue weighted by Crippen LogP contribution is 2.38. The van der Waals surface area contributed by atoms with Crippen molar-refractivity contribution in [3.05, 3.63) is 29.3 Å². The Labute approximate surface area is 135 Å². The average molecular weight is 330 g/mol. The van der Waals surface area contributed by atoms with Crippen molar-refractivity contribution >= 4 is 5.69 Å². The van der Waals surface area contributed by atoms with E-state index in [-0.39, 0.29) is 7.43 Å². The number of anilines is 1. The molecule has 0 bridgehead atoms. The Morgan fingerprint density at radius 1 is 1.09 bits per heavy atom. The molecule has 0 atom stereocenters. The average Bonchev–Trinajstić information content (AvgIpc) is 2.55. The number of alkyl halides is 3. The molecule has 0 unspecified atom stereocenters. The van der Waals surface area contributed by atoms with Crippen molar-refractivity contribution < 1.29 is 17.9 Å². The first-order valence-corrected chi connectivity index (χ1v) is 7.80. The fraction of sp³-hybridized carbons (Fsp3) is 0.647. The number of piperidine rings is 1. The maximum absolute atomic E-state index is 13.1. The Bertz CT molecular complexity index is 507. The van der Waals surface area contributed by atoms with Gasteiger partial charge in [0.15, 0.2) is 0 Å². The molecule has 1 N–H and O–H groups in total. The molecule has 2 heterocycles. The summed E-state index contributed by atoms with van der Waals surface area (Å²) in [6.45, 7) is 4.30. The Morgan fingerprint density at radius 2 is 1.74 bits per heavy atom. The molecule has 0 radical (unpaired) electrons. The van der Waals surface area contributed by atoms with E-state index < -0.39 is 11.7 Å². The molecule has 0 spiro atoms. The zero-order chi connectivity index (χ0) is 15.6. The standard InChI is InChI=1S/C16H21F3N2O.CH4/c17-16(18,19)13-1-2-14(12-3-5-20-6-4-12)15(11-13)21-7-9-22-10-8-21;/h1-2,11-12,20H,3-10H2;1H4. The molecule has 130 valence electrons. The quantitative estimate of drug-likeness (QED) is 0.896. The monoisotopic (exact) mass is 330 g/mol. The van der Waals surface area contributed by atoms with Crippen LogP contribution in [0.4, 0.5) is 18.9 Å². The molecule has 1 aromatic carbocycles. The van der Waals surface area contributed by atoms with Crippen molar-refractivity contribution in [1.82, 2.24) is 5.32 Å².